The first-order valence-electron chi connectivity index (χ1n) is 10.3. The Morgan fingerprint density at radius 2 is 1.86 bits per heavy atom. The molecular weight excluding hydrogens is 348 g/mol. The van der Waals surface area contributed by atoms with E-state index in [1.807, 2.05) is 30.3 Å². The van der Waals surface area contributed by atoms with Crippen LogP contribution in [0.15, 0.2) is 54.6 Å². The second-order valence-electron chi connectivity index (χ2n) is 7.84. The van der Waals surface area contributed by atoms with Gasteiger partial charge in [-0.1, -0.05) is 48.0 Å². The Hall–Kier alpha value is -2.33. The smallest absolute Gasteiger partial charge is 0.237 e. The first-order valence-corrected chi connectivity index (χ1v) is 10.3. The number of likely N-dealkylation sites (tertiary alicyclic amines) is 1. The number of piperidine rings is 1. The Morgan fingerprint density at radius 1 is 1.14 bits per heavy atom. The predicted molar refractivity (Wildman–Crippen MR) is 113 cm³/mol. The fourth-order valence-corrected chi connectivity index (χ4v) is 3.94. The molecule has 1 fully saturated rings. The van der Waals surface area contributed by atoms with Gasteiger partial charge in [-0.15, -0.1) is 0 Å². The van der Waals surface area contributed by atoms with Crippen LogP contribution in [-0.4, -0.2) is 36.0 Å². The van der Waals surface area contributed by atoms with E-state index in [1.54, 1.807) is 0 Å². The van der Waals surface area contributed by atoms with Crippen molar-refractivity contribution in [3.05, 3.63) is 65.7 Å². The minimum absolute atomic E-state index is 0.00718. The standard InChI is InChI=1S/C24H32N2O2/c1-18-12-14-21(15-13-18)20(3)25-24(27)23-11-7-8-19(2)26(23)16-17-28-22-9-5-4-6-10-22/h4-6,9-10,12-15,19-20,23H,7-8,11,16-17H2,1-3H3,(H,25,27)/t19-,20-,23-/m0/s1. The second kappa shape index (κ2) is 9.74. The summed E-state index contributed by atoms with van der Waals surface area (Å²) in [5.74, 6) is 1.00. The lowest BCUT2D eigenvalue weighted by Crippen LogP contribution is -2.54. The molecule has 1 heterocycles. The molecule has 1 aliphatic heterocycles. The lowest BCUT2D eigenvalue weighted by Gasteiger charge is -2.40. The highest BCUT2D eigenvalue weighted by Crippen LogP contribution is 2.24. The molecule has 0 aromatic heterocycles. The van der Waals surface area contributed by atoms with E-state index in [0.29, 0.717) is 12.6 Å². The van der Waals surface area contributed by atoms with Crippen LogP contribution in [0.4, 0.5) is 0 Å². The van der Waals surface area contributed by atoms with Gasteiger partial charge in [-0.3, -0.25) is 9.69 Å². The van der Waals surface area contributed by atoms with Crippen molar-refractivity contribution in [2.75, 3.05) is 13.2 Å². The number of rotatable bonds is 7. The summed E-state index contributed by atoms with van der Waals surface area (Å²) in [5, 5.41) is 3.22. The number of hydrogen-bond acceptors (Lipinski definition) is 3. The monoisotopic (exact) mass is 380 g/mol. The average Bonchev–Trinajstić information content (AvgIpc) is 2.70. The fraction of sp³-hybridized carbons (Fsp3) is 0.458. The number of aryl methyl sites for hydroxylation is 1. The lowest BCUT2D eigenvalue weighted by atomic mass is 9.95. The average molecular weight is 381 g/mol. The van der Waals surface area contributed by atoms with Gasteiger partial charge in [0.2, 0.25) is 5.91 Å². The van der Waals surface area contributed by atoms with Gasteiger partial charge >= 0.3 is 0 Å². The molecule has 4 nitrogen and oxygen atoms in total. The van der Waals surface area contributed by atoms with Crippen LogP contribution in [0, 0.1) is 6.92 Å². The van der Waals surface area contributed by atoms with Crippen molar-refractivity contribution in [2.45, 2.75) is 58.2 Å². The van der Waals surface area contributed by atoms with Crippen molar-refractivity contribution in [3.8, 4) is 5.75 Å². The molecule has 1 aliphatic rings. The van der Waals surface area contributed by atoms with Crippen LogP contribution < -0.4 is 10.1 Å². The van der Waals surface area contributed by atoms with Crippen LogP contribution in [0.25, 0.3) is 0 Å². The van der Waals surface area contributed by atoms with E-state index in [-0.39, 0.29) is 18.0 Å². The number of benzene rings is 2. The van der Waals surface area contributed by atoms with Gasteiger partial charge in [-0.05, 0) is 57.7 Å². The Labute approximate surface area is 168 Å². The molecule has 1 saturated heterocycles. The Bertz CT molecular complexity index is 745. The zero-order valence-corrected chi connectivity index (χ0v) is 17.2. The number of ether oxygens (including phenoxy) is 1. The van der Waals surface area contributed by atoms with Crippen molar-refractivity contribution in [3.63, 3.8) is 0 Å². The van der Waals surface area contributed by atoms with Gasteiger partial charge in [-0.25, -0.2) is 0 Å². The van der Waals surface area contributed by atoms with Gasteiger partial charge in [0.15, 0.2) is 0 Å². The normalized spacial score (nSPS) is 21.1. The molecule has 3 rings (SSSR count). The van der Waals surface area contributed by atoms with Crippen molar-refractivity contribution >= 4 is 5.91 Å². The van der Waals surface area contributed by atoms with E-state index in [0.717, 1.165) is 37.1 Å². The van der Waals surface area contributed by atoms with Crippen molar-refractivity contribution < 1.29 is 9.53 Å². The Balaban J connectivity index is 1.58. The van der Waals surface area contributed by atoms with Crippen molar-refractivity contribution in [1.82, 2.24) is 10.2 Å². The van der Waals surface area contributed by atoms with Crippen LogP contribution in [-0.2, 0) is 4.79 Å². The van der Waals surface area contributed by atoms with Crippen molar-refractivity contribution in [1.29, 1.82) is 0 Å². The summed E-state index contributed by atoms with van der Waals surface area (Å²) in [6.45, 7) is 7.69. The van der Waals surface area contributed by atoms with E-state index in [4.69, 9.17) is 4.74 Å². The molecule has 0 spiro atoms. The number of para-hydroxylation sites is 1. The molecule has 0 unspecified atom stereocenters. The number of carbonyl (C=O) groups excluding carboxylic acids is 1. The second-order valence-corrected chi connectivity index (χ2v) is 7.84. The minimum Gasteiger partial charge on any atom is -0.492 e. The van der Waals surface area contributed by atoms with E-state index < -0.39 is 0 Å². The fourth-order valence-electron chi connectivity index (χ4n) is 3.94. The first kappa shape index (κ1) is 20.4. The largest absolute Gasteiger partial charge is 0.492 e. The highest BCUT2D eigenvalue weighted by Gasteiger charge is 2.33. The molecule has 0 saturated carbocycles. The van der Waals surface area contributed by atoms with E-state index in [1.165, 1.54) is 5.56 Å². The molecular formula is C24H32N2O2. The number of hydrogen-bond donors (Lipinski definition) is 1. The van der Waals surface area contributed by atoms with Crippen LogP contribution in [0.5, 0.6) is 5.75 Å². The van der Waals surface area contributed by atoms with Crippen LogP contribution in [0.2, 0.25) is 0 Å². The summed E-state index contributed by atoms with van der Waals surface area (Å²) < 4.78 is 5.87. The lowest BCUT2D eigenvalue weighted by molar-refractivity contribution is -0.129. The Morgan fingerprint density at radius 3 is 2.57 bits per heavy atom. The van der Waals surface area contributed by atoms with Gasteiger partial charge in [0.25, 0.3) is 0 Å². The molecule has 1 amide bonds. The predicted octanol–water partition coefficient (Wildman–Crippen LogP) is 4.49. The minimum atomic E-state index is -0.0870. The zero-order chi connectivity index (χ0) is 19.9. The van der Waals surface area contributed by atoms with Gasteiger partial charge in [0.1, 0.15) is 12.4 Å². The van der Waals surface area contributed by atoms with Gasteiger partial charge in [-0.2, -0.15) is 0 Å². The molecule has 4 heteroatoms. The molecule has 28 heavy (non-hydrogen) atoms. The third-order valence-electron chi connectivity index (χ3n) is 5.67. The number of nitrogens with one attached hydrogen (secondary N) is 1. The maximum Gasteiger partial charge on any atom is 0.237 e. The zero-order valence-electron chi connectivity index (χ0n) is 17.2. The van der Waals surface area contributed by atoms with E-state index in [9.17, 15) is 4.79 Å². The molecule has 150 valence electrons. The summed E-state index contributed by atoms with van der Waals surface area (Å²) >= 11 is 0. The summed E-state index contributed by atoms with van der Waals surface area (Å²) in [6.07, 6.45) is 3.12. The van der Waals surface area contributed by atoms with Crippen LogP contribution in [0.1, 0.15) is 50.3 Å². The highest BCUT2D eigenvalue weighted by molar-refractivity contribution is 5.82. The first-order chi connectivity index (χ1) is 13.5. The molecule has 0 aliphatic carbocycles. The summed E-state index contributed by atoms with van der Waals surface area (Å²) in [6, 6.07) is 18.5. The van der Waals surface area contributed by atoms with Crippen LogP contribution >= 0.6 is 0 Å². The number of nitrogens with zero attached hydrogens (tertiary/aromatic N) is 1. The van der Waals surface area contributed by atoms with Crippen molar-refractivity contribution in [2.24, 2.45) is 0 Å². The van der Waals surface area contributed by atoms with E-state index >= 15 is 0 Å². The SMILES string of the molecule is Cc1ccc([C@H](C)NC(=O)[C@@H]2CCC[C@H](C)N2CCOc2ccccc2)cc1. The molecule has 0 bridgehead atoms. The topological polar surface area (TPSA) is 41.6 Å². The highest BCUT2D eigenvalue weighted by atomic mass is 16.5. The third-order valence-corrected chi connectivity index (χ3v) is 5.67. The maximum atomic E-state index is 13.0. The van der Waals surface area contributed by atoms with E-state index in [2.05, 4.69) is 55.3 Å². The molecule has 2 aromatic rings. The third kappa shape index (κ3) is 5.35. The Kier molecular flexibility index (Phi) is 7.10. The van der Waals surface area contributed by atoms with Gasteiger partial charge < -0.3 is 10.1 Å². The molecule has 1 N–H and O–H groups in total. The molecule has 2 aromatic carbocycles. The number of amides is 1. The summed E-state index contributed by atoms with van der Waals surface area (Å²) in [5.41, 5.74) is 2.37. The summed E-state index contributed by atoms with van der Waals surface area (Å²) in [7, 11) is 0. The number of carbonyl (C=O) groups is 1. The van der Waals surface area contributed by atoms with Gasteiger partial charge in [0.05, 0.1) is 12.1 Å². The maximum absolute atomic E-state index is 13.0. The molecule has 0 radical (unpaired) electrons. The molecule has 3 atom stereocenters. The summed E-state index contributed by atoms with van der Waals surface area (Å²) in [4.78, 5) is 15.4. The van der Waals surface area contributed by atoms with Gasteiger partial charge in [0, 0.05) is 12.6 Å². The van der Waals surface area contributed by atoms with Crippen LogP contribution in [0.3, 0.4) is 0 Å². The quantitative estimate of drug-likeness (QED) is 0.769.